The highest BCUT2D eigenvalue weighted by atomic mass is 19.2. The Morgan fingerprint density at radius 3 is 2.59 bits per heavy atom. The van der Waals surface area contributed by atoms with Crippen LogP contribution in [0.25, 0.3) is 11.2 Å². The van der Waals surface area contributed by atoms with Crippen molar-refractivity contribution in [3.8, 4) is 5.75 Å². The van der Waals surface area contributed by atoms with E-state index in [1.54, 1.807) is 12.1 Å². The number of ether oxygens (including phenoxy) is 2. The highest BCUT2D eigenvalue weighted by molar-refractivity contribution is 5.78. The minimum atomic E-state index is -2.31. The molecule has 4 rings (SSSR count). The van der Waals surface area contributed by atoms with Gasteiger partial charge in [-0.1, -0.05) is 4.85 Å². The van der Waals surface area contributed by atoms with Gasteiger partial charge in [-0.05, 0) is 17.3 Å². The number of rotatable bonds is 6. The maximum atomic E-state index is 13.7. The third-order valence-electron chi connectivity index (χ3n) is 4.56. The van der Waals surface area contributed by atoms with E-state index in [2.05, 4.69) is 20.0 Å². The Morgan fingerprint density at radius 2 is 1.84 bits per heavy atom. The number of fused-ring (bicyclic) bond motifs is 1. The molecule has 0 spiro atoms. The summed E-state index contributed by atoms with van der Waals surface area (Å²) in [5.41, 5.74) is 0.895. The molecule has 1 saturated heterocycles. The number of carbonyl (C=O) groups excluding carboxylic acids is 1. The highest BCUT2D eigenvalue weighted by Crippen LogP contribution is 2.29. The number of benzene rings is 1. The van der Waals surface area contributed by atoms with Crippen LogP contribution in [0.4, 0.5) is 22.0 Å². The van der Waals surface area contributed by atoms with Crippen molar-refractivity contribution in [2.45, 2.75) is 6.10 Å². The zero-order valence-electron chi connectivity index (χ0n) is 16.1. The molecule has 0 aliphatic carbocycles. The monoisotopic (exact) mass is 459 g/mol. The van der Waals surface area contributed by atoms with Gasteiger partial charge in [0.15, 0.2) is 12.4 Å². The summed E-state index contributed by atoms with van der Waals surface area (Å²) in [6, 6.07) is 3.38. The Balaban J connectivity index is 1.35. The average molecular weight is 459 g/mol. The number of hydrogen-bond donors (Lipinski definition) is 0. The van der Waals surface area contributed by atoms with Crippen LogP contribution < -0.4 is 9.57 Å². The van der Waals surface area contributed by atoms with E-state index in [0.29, 0.717) is 11.2 Å². The predicted octanol–water partition coefficient (Wildman–Crippen LogP) is 1.26. The summed E-state index contributed by atoms with van der Waals surface area (Å²) in [7, 11) is 0. The lowest BCUT2D eigenvalue weighted by Gasteiger charge is -2.32. The van der Waals surface area contributed by atoms with Gasteiger partial charge >= 0.3 is 0 Å². The van der Waals surface area contributed by atoms with Crippen molar-refractivity contribution >= 4 is 17.1 Å². The number of aromatic nitrogens is 4. The molecule has 1 unspecified atom stereocenters. The fraction of sp³-hybridized carbons (Fsp3) is 0.333. The highest BCUT2D eigenvalue weighted by Gasteiger charge is 2.29. The van der Waals surface area contributed by atoms with Gasteiger partial charge in [0.2, 0.25) is 34.7 Å². The predicted molar refractivity (Wildman–Crippen MR) is 94.8 cm³/mol. The summed E-state index contributed by atoms with van der Waals surface area (Å²) in [6.07, 6.45) is 0.943. The topological polar surface area (TPSA) is 91.6 Å². The zero-order valence-corrected chi connectivity index (χ0v) is 16.1. The number of nitrogens with zero attached hydrogens (tertiary/aromatic N) is 5. The number of halogens is 5. The van der Waals surface area contributed by atoms with Gasteiger partial charge in [0.1, 0.15) is 18.2 Å². The molecule has 1 atom stereocenters. The lowest BCUT2D eigenvalue weighted by molar-refractivity contribution is -0.143. The molecule has 1 fully saturated rings. The van der Waals surface area contributed by atoms with Gasteiger partial charge in [-0.25, -0.2) is 18.2 Å². The minimum absolute atomic E-state index is 0.0271. The van der Waals surface area contributed by atoms with Crippen LogP contribution in [0.1, 0.15) is 0 Å². The quantitative estimate of drug-likeness (QED) is 0.311. The molecule has 1 amide bonds. The van der Waals surface area contributed by atoms with Crippen LogP contribution in [0.2, 0.25) is 0 Å². The smallest absolute Gasteiger partial charge is 0.260 e. The van der Waals surface area contributed by atoms with E-state index in [-0.39, 0.29) is 26.3 Å². The van der Waals surface area contributed by atoms with Gasteiger partial charge in [0.05, 0.1) is 13.2 Å². The second kappa shape index (κ2) is 8.90. The maximum absolute atomic E-state index is 13.7. The van der Waals surface area contributed by atoms with Gasteiger partial charge in [-0.15, -0.1) is 5.10 Å². The van der Waals surface area contributed by atoms with Gasteiger partial charge in [-0.2, -0.15) is 8.78 Å². The summed E-state index contributed by atoms with van der Waals surface area (Å²) in [5.74, 6) is -13.2. The van der Waals surface area contributed by atoms with Gasteiger partial charge < -0.3 is 19.2 Å². The van der Waals surface area contributed by atoms with Crippen LogP contribution in [-0.2, 0) is 9.53 Å². The van der Waals surface area contributed by atoms with E-state index in [1.807, 2.05) is 0 Å². The van der Waals surface area contributed by atoms with E-state index >= 15 is 0 Å². The number of amides is 1. The summed E-state index contributed by atoms with van der Waals surface area (Å²) < 4.78 is 77.1. The molecule has 0 saturated carbocycles. The third kappa shape index (κ3) is 4.12. The normalized spacial score (nSPS) is 16.4. The second-order valence-corrected chi connectivity index (χ2v) is 6.62. The van der Waals surface area contributed by atoms with Crippen molar-refractivity contribution in [1.82, 2.24) is 25.0 Å². The third-order valence-corrected chi connectivity index (χ3v) is 4.56. The molecular formula is C18H14F5N5O4. The number of pyridine rings is 1. The maximum Gasteiger partial charge on any atom is 0.260 e. The van der Waals surface area contributed by atoms with Crippen LogP contribution in [0.15, 0.2) is 18.3 Å². The number of morpholine rings is 1. The largest absolute Gasteiger partial charge is 0.477 e. The van der Waals surface area contributed by atoms with Gasteiger partial charge in [0.25, 0.3) is 5.91 Å². The fourth-order valence-electron chi connectivity index (χ4n) is 2.97. The van der Waals surface area contributed by atoms with Crippen LogP contribution in [0.5, 0.6) is 5.75 Å². The first-order chi connectivity index (χ1) is 15.4. The van der Waals surface area contributed by atoms with E-state index < -0.39 is 53.5 Å². The Kier molecular flexibility index (Phi) is 6.03. The van der Waals surface area contributed by atoms with Gasteiger partial charge in [0, 0.05) is 12.7 Å². The second-order valence-electron chi connectivity index (χ2n) is 6.62. The molecule has 3 aromatic rings. The first-order valence-corrected chi connectivity index (χ1v) is 9.20. The Labute approximate surface area is 176 Å². The van der Waals surface area contributed by atoms with Crippen molar-refractivity contribution in [3.63, 3.8) is 0 Å². The van der Waals surface area contributed by atoms with Crippen LogP contribution in [0, 0.1) is 29.1 Å². The molecule has 32 heavy (non-hydrogen) atoms. The summed E-state index contributed by atoms with van der Waals surface area (Å²) in [5, 5.41) is 7.68. The standard InChI is InChI=1S/C18H14F5N5O4/c19-12-13(20)15(22)17(16(23)14(12)21)31-8-11(29)27-4-5-30-9(6-27)7-32-28-18-10(25-26-28)2-1-3-24-18/h1-3,9H,4-8H2. The first-order valence-electron chi connectivity index (χ1n) is 9.20. The molecule has 1 aromatic carbocycles. The SMILES string of the molecule is O=C(COc1c(F)c(F)c(F)c(F)c1F)N1CCOC(COn2nnc3cccnc32)C1. The van der Waals surface area contributed by atoms with E-state index in [0.717, 1.165) is 4.85 Å². The molecule has 170 valence electrons. The molecule has 14 heteroatoms. The summed E-state index contributed by atoms with van der Waals surface area (Å²) >= 11 is 0. The lowest BCUT2D eigenvalue weighted by Crippen LogP contribution is -2.49. The lowest BCUT2D eigenvalue weighted by atomic mass is 10.2. The molecule has 1 aliphatic rings. The van der Waals surface area contributed by atoms with Crippen molar-refractivity contribution in [3.05, 3.63) is 47.4 Å². The van der Waals surface area contributed by atoms with Crippen molar-refractivity contribution < 1.29 is 41.1 Å². The van der Waals surface area contributed by atoms with E-state index in [1.165, 1.54) is 11.1 Å². The number of carbonyl (C=O) groups is 1. The number of hydrogen-bond acceptors (Lipinski definition) is 7. The van der Waals surface area contributed by atoms with Crippen molar-refractivity contribution in [2.75, 3.05) is 32.9 Å². The Hall–Kier alpha value is -3.55. The molecule has 0 bridgehead atoms. The molecule has 0 radical (unpaired) electrons. The molecule has 1 aliphatic heterocycles. The van der Waals surface area contributed by atoms with E-state index in [4.69, 9.17) is 9.57 Å². The molecule has 2 aromatic heterocycles. The van der Waals surface area contributed by atoms with Gasteiger partial charge in [-0.3, -0.25) is 4.79 Å². The van der Waals surface area contributed by atoms with Crippen LogP contribution in [0.3, 0.4) is 0 Å². The molecular weight excluding hydrogens is 445 g/mol. The summed E-state index contributed by atoms with van der Waals surface area (Å²) in [6.45, 7) is -0.692. The van der Waals surface area contributed by atoms with Crippen LogP contribution in [-0.4, -0.2) is 70.0 Å². The average Bonchev–Trinajstić information content (AvgIpc) is 3.23. The minimum Gasteiger partial charge on any atom is -0.477 e. The van der Waals surface area contributed by atoms with Crippen LogP contribution >= 0.6 is 0 Å². The first kappa shape index (κ1) is 21.7. The molecule has 9 nitrogen and oxygen atoms in total. The Bertz CT molecular complexity index is 1130. The van der Waals surface area contributed by atoms with Crippen molar-refractivity contribution in [1.29, 1.82) is 0 Å². The summed E-state index contributed by atoms with van der Waals surface area (Å²) in [4.78, 5) is 24.3. The van der Waals surface area contributed by atoms with E-state index in [9.17, 15) is 26.7 Å². The van der Waals surface area contributed by atoms with Crippen molar-refractivity contribution in [2.24, 2.45) is 0 Å². The fourth-order valence-corrected chi connectivity index (χ4v) is 2.97. The zero-order chi connectivity index (χ0) is 22.8. The molecule has 3 heterocycles. The Morgan fingerprint density at radius 1 is 1.12 bits per heavy atom. The molecule has 0 N–H and O–H groups in total.